The Hall–Kier alpha value is -2.41. The van der Waals surface area contributed by atoms with Gasteiger partial charge < -0.3 is 19.7 Å². The summed E-state index contributed by atoms with van der Waals surface area (Å²) in [6, 6.07) is 6.53. The number of amides is 1. The molecule has 1 saturated heterocycles. The number of quaternary nitrogens is 1. The molecule has 7 nitrogen and oxygen atoms in total. The zero-order chi connectivity index (χ0) is 18.2. The minimum absolute atomic E-state index is 0.120. The maximum absolute atomic E-state index is 12.2. The Balaban J connectivity index is 1.85. The minimum Gasteiger partial charge on any atom is -0.466 e. The summed E-state index contributed by atoms with van der Waals surface area (Å²) in [5.41, 5.74) is 1.05. The Labute approximate surface area is 147 Å². The minimum atomic E-state index is -0.416. The molecule has 2 rings (SSSR count). The third-order valence-electron chi connectivity index (χ3n) is 4.24. The summed E-state index contributed by atoms with van der Waals surface area (Å²) in [6.07, 6.45) is 1.72. The van der Waals surface area contributed by atoms with Crippen molar-refractivity contribution in [3.05, 3.63) is 29.8 Å². The van der Waals surface area contributed by atoms with Gasteiger partial charge in [-0.3, -0.25) is 9.59 Å². The van der Waals surface area contributed by atoms with Crippen LogP contribution in [0, 0.1) is 5.92 Å². The van der Waals surface area contributed by atoms with E-state index in [4.69, 9.17) is 4.74 Å². The molecule has 1 aromatic rings. The molecule has 7 heteroatoms. The average Bonchev–Trinajstić information content (AvgIpc) is 2.62. The highest BCUT2D eigenvalue weighted by Crippen LogP contribution is 2.11. The van der Waals surface area contributed by atoms with Gasteiger partial charge in [-0.1, -0.05) is 0 Å². The van der Waals surface area contributed by atoms with Crippen LogP contribution in [-0.2, 0) is 19.1 Å². The van der Waals surface area contributed by atoms with Crippen LogP contribution in [0.25, 0.3) is 0 Å². The number of methoxy groups -OCH3 is 1. The summed E-state index contributed by atoms with van der Waals surface area (Å²) in [5.74, 6) is -0.833. The number of piperidine rings is 1. The summed E-state index contributed by atoms with van der Waals surface area (Å²) in [7, 11) is 1.32. The van der Waals surface area contributed by atoms with Crippen LogP contribution < -0.4 is 10.2 Å². The second kappa shape index (κ2) is 9.17. The van der Waals surface area contributed by atoms with Crippen LogP contribution in [-0.4, -0.2) is 51.2 Å². The molecular formula is C18H25N2O5+. The first-order valence-corrected chi connectivity index (χ1v) is 8.52. The van der Waals surface area contributed by atoms with Gasteiger partial charge in [0.2, 0.25) is 0 Å². The van der Waals surface area contributed by atoms with Gasteiger partial charge in [0.1, 0.15) is 5.92 Å². The van der Waals surface area contributed by atoms with Crippen LogP contribution in [0.3, 0.4) is 0 Å². The summed E-state index contributed by atoms with van der Waals surface area (Å²) in [5, 5.41) is 2.81. The van der Waals surface area contributed by atoms with E-state index in [1.807, 2.05) is 0 Å². The monoisotopic (exact) mass is 349 g/mol. The molecule has 2 atom stereocenters. The highest BCUT2D eigenvalue weighted by Gasteiger charge is 2.30. The van der Waals surface area contributed by atoms with Gasteiger partial charge in [-0.15, -0.1) is 0 Å². The fourth-order valence-electron chi connectivity index (χ4n) is 3.01. The second-order valence-electron chi connectivity index (χ2n) is 6.09. The number of rotatable bonds is 6. The number of ether oxygens (including phenoxy) is 2. The molecule has 1 aromatic carbocycles. The predicted octanol–water partition coefficient (Wildman–Crippen LogP) is 0.270. The molecule has 0 radical (unpaired) electrons. The van der Waals surface area contributed by atoms with Crippen LogP contribution in [0.15, 0.2) is 24.3 Å². The molecule has 1 heterocycles. The number of hydrogen-bond donors (Lipinski definition) is 2. The van der Waals surface area contributed by atoms with E-state index in [-0.39, 0.29) is 17.8 Å². The molecule has 1 fully saturated rings. The van der Waals surface area contributed by atoms with E-state index >= 15 is 0 Å². The molecule has 136 valence electrons. The molecule has 2 N–H and O–H groups in total. The first-order chi connectivity index (χ1) is 12.0. The summed E-state index contributed by atoms with van der Waals surface area (Å²) in [4.78, 5) is 36.5. The summed E-state index contributed by atoms with van der Waals surface area (Å²) in [6.45, 7) is 3.96. The van der Waals surface area contributed by atoms with Crippen molar-refractivity contribution >= 4 is 23.5 Å². The third kappa shape index (κ3) is 5.56. The Morgan fingerprint density at radius 2 is 1.96 bits per heavy atom. The van der Waals surface area contributed by atoms with Crippen molar-refractivity contribution < 1.29 is 28.8 Å². The molecule has 1 aliphatic rings. The van der Waals surface area contributed by atoms with E-state index in [9.17, 15) is 14.4 Å². The number of carbonyl (C=O) groups excluding carboxylic acids is 3. The number of hydrogen-bond acceptors (Lipinski definition) is 5. The lowest BCUT2D eigenvalue weighted by molar-refractivity contribution is -0.899. The van der Waals surface area contributed by atoms with E-state index in [1.165, 1.54) is 7.11 Å². The van der Waals surface area contributed by atoms with Gasteiger partial charge in [-0.25, -0.2) is 4.79 Å². The Bertz CT molecular complexity index is 614. The third-order valence-corrected chi connectivity index (χ3v) is 4.24. The van der Waals surface area contributed by atoms with Gasteiger partial charge in [-0.05, 0) is 44.0 Å². The van der Waals surface area contributed by atoms with E-state index in [1.54, 1.807) is 31.2 Å². The average molecular weight is 349 g/mol. The van der Waals surface area contributed by atoms with Crippen molar-refractivity contribution in [1.82, 2.24) is 0 Å². The standard InChI is InChI=1S/C18H24N2O5/c1-3-25-18(23)14-5-4-10-20(11-14)12-16(21)19-15-8-6-13(7-9-15)17(22)24-2/h6-9,14H,3-5,10-12H2,1-2H3,(H,19,21)/p+1/t14-/m1/s1. The van der Waals surface area contributed by atoms with Crippen LogP contribution in [0.1, 0.15) is 30.1 Å². The predicted molar refractivity (Wildman–Crippen MR) is 91.3 cm³/mol. The van der Waals surface area contributed by atoms with Gasteiger partial charge in [0.25, 0.3) is 5.91 Å². The topological polar surface area (TPSA) is 86.1 Å². The maximum atomic E-state index is 12.2. The molecule has 0 saturated carbocycles. The number of likely N-dealkylation sites (tertiary alicyclic amines) is 1. The van der Waals surface area contributed by atoms with E-state index in [0.717, 1.165) is 24.3 Å². The number of benzene rings is 1. The summed E-state index contributed by atoms with van der Waals surface area (Å²) >= 11 is 0. The highest BCUT2D eigenvalue weighted by atomic mass is 16.5. The van der Waals surface area contributed by atoms with Gasteiger partial charge in [0.15, 0.2) is 6.54 Å². The molecule has 1 aliphatic heterocycles. The zero-order valence-corrected chi connectivity index (χ0v) is 14.7. The molecule has 0 aliphatic carbocycles. The fourth-order valence-corrected chi connectivity index (χ4v) is 3.01. The Kier molecular flexibility index (Phi) is 6.94. The van der Waals surface area contributed by atoms with Crippen molar-refractivity contribution in [2.45, 2.75) is 19.8 Å². The molecule has 25 heavy (non-hydrogen) atoms. The normalized spacial score (nSPS) is 19.8. The number of anilines is 1. The number of carbonyl (C=O) groups is 3. The van der Waals surface area contributed by atoms with Gasteiger partial charge in [0, 0.05) is 5.69 Å². The molecule has 0 aromatic heterocycles. The second-order valence-corrected chi connectivity index (χ2v) is 6.09. The highest BCUT2D eigenvalue weighted by molar-refractivity contribution is 5.93. The smallest absolute Gasteiger partial charge is 0.337 e. The van der Waals surface area contributed by atoms with Crippen LogP contribution in [0.2, 0.25) is 0 Å². The maximum Gasteiger partial charge on any atom is 0.337 e. The molecule has 0 bridgehead atoms. The fraction of sp³-hybridized carbons (Fsp3) is 0.500. The quantitative estimate of drug-likeness (QED) is 0.720. The lowest BCUT2D eigenvalue weighted by Gasteiger charge is -2.28. The number of esters is 2. The molecule has 0 spiro atoms. The van der Waals surface area contributed by atoms with Crippen molar-refractivity contribution in [1.29, 1.82) is 0 Å². The van der Waals surface area contributed by atoms with E-state index in [2.05, 4.69) is 10.1 Å². The van der Waals surface area contributed by atoms with Crippen LogP contribution in [0.4, 0.5) is 5.69 Å². The number of nitrogens with one attached hydrogen (secondary N) is 2. The van der Waals surface area contributed by atoms with Crippen molar-refractivity contribution in [2.75, 3.05) is 38.7 Å². The van der Waals surface area contributed by atoms with Crippen LogP contribution >= 0.6 is 0 Å². The van der Waals surface area contributed by atoms with Gasteiger partial charge in [0.05, 0.1) is 32.4 Å². The zero-order valence-electron chi connectivity index (χ0n) is 14.7. The Morgan fingerprint density at radius 3 is 2.60 bits per heavy atom. The first kappa shape index (κ1) is 18.9. The van der Waals surface area contributed by atoms with Gasteiger partial charge >= 0.3 is 11.9 Å². The first-order valence-electron chi connectivity index (χ1n) is 8.52. The van der Waals surface area contributed by atoms with E-state index < -0.39 is 5.97 Å². The lowest BCUT2D eigenvalue weighted by Crippen LogP contribution is -3.14. The van der Waals surface area contributed by atoms with Crippen LogP contribution in [0.5, 0.6) is 0 Å². The van der Waals surface area contributed by atoms with Crippen molar-refractivity contribution in [3.8, 4) is 0 Å². The summed E-state index contributed by atoms with van der Waals surface area (Å²) < 4.78 is 9.72. The lowest BCUT2D eigenvalue weighted by atomic mass is 9.98. The van der Waals surface area contributed by atoms with E-state index in [0.29, 0.717) is 30.9 Å². The SMILES string of the molecule is CCOC(=O)[C@@H]1CCC[NH+](CC(=O)Nc2ccc(C(=O)OC)cc2)C1. The largest absolute Gasteiger partial charge is 0.466 e. The molecule has 1 unspecified atom stereocenters. The molecule has 1 amide bonds. The van der Waals surface area contributed by atoms with Gasteiger partial charge in [-0.2, -0.15) is 0 Å². The van der Waals surface area contributed by atoms with Crippen molar-refractivity contribution in [3.63, 3.8) is 0 Å². The van der Waals surface area contributed by atoms with Crippen molar-refractivity contribution in [2.24, 2.45) is 5.92 Å². The Morgan fingerprint density at radius 1 is 1.24 bits per heavy atom. The molecular weight excluding hydrogens is 324 g/mol.